The predicted molar refractivity (Wildman–Crippen MR) is 118 cm³/mol. The first kappa shape index (κ1) is 24.3. The van der Waals surface area contributed by atoms with Crippen LogP contribution in [0.3, 0.4) is 0 Å². The Morgan fingerprint density at radius 1 is 1.00 bits per heavy atom. The van der Waals surface area contributed by atoms with E-state index in [1.807, 2.05) is 0 Å². The Bertz CT molecular complexity index is 1130. The normalized spacial score (nSPS) is 12.2. The van der Waals surface area contributed by atoms with Gasteiger partial charge in [0.2, 0.25) is 10.0 Å². The third-order valence-corrected chi connectivity index (χ3v) is 8.82. The lowest BCUT2D eigenvalue weighted by molar-refractivity contribution is 0.102. The number of carbonyl (C=O) groups excluding carboxylic acids is 1. The second-order valence-electron chi connectivity index (χ2n) is 6.50. The van der Waals surface area contributed by atoms with Gasteiger partial charge in [0.15, 0.2) is 9.84 Å². The Morgan fingerprint density at radius 2 is 1.63 bits per heavy atom. The highest BCUT2D eigenvalue weighted by Gasteiger charge is 2.25. The van der Waals surface area contributed by atoms with Gasteiger partial charge in [-0.3, -0.25) is 4.79 Å². The first-order chi connectivity index (χ1) is 14.1. The van der Waals surface area contributed by atoms with Crippen molar-refractivity contribution in [2.24, 2.45) is 0 Å². The summed E-state index contributed by atoms with van der Waals surface area (Å²) in [7, 11) is -7.39. The van der Waals surface area contributed by atoms with Gasteiger partial charge in [0.1, 0.15) is 0 Å². The van der Waals surface area contributed by atoms with Crippen LogP contribution in [-0.4, -0.2) is 45.9 Å². The van der Waals surface area contributed by atoms with Crippen molar-refractivity contribution >= 4 is 43.1 Å². The van der Waals surface area contributed by atoms with Crippen molar-refractivity contribution in [3.63, 3.8) is 0 Å². The topological polar surface area (TPSA) is 101 Å². The number of carbonyl (C=O) groups is 1. The molecule has 10 heteroatoms. The molecule has 0 aromatic heterocycles. The first-order valence-corrected chi connectivity index (χ1v) is 13.0. The molecule has 1 N–H and O–H groups in total. The summed E-state index contributed by atoms with van der Waals surface area (Å²) < 4.78 is 51.8. The molecule has 0 bridgehead atoms. The molecule has 0 saturated heterocycles. The summed E-state index contributed by atoms with van der Waals surface area (Å²) in [6.45, 7) is 5.79. The van der Waals surface area contributed by atoms with Gasteiger partial charge < -0.3 is 5.32 Å². The number of hydrogen-bond donors (Lipinski definition) is 1. The Labute approximate surface area is 183 Å². The fourth-order valence-corrected chi connectivity index (χ4v) is 6.16. The maximum atomic E-state index is 12.9. The van der Waals surface area contributed by atoms with E-state index in [9.17, 15) is 21.6 Å². The largest absolute Gasteiger partial charge is 0.321 e. The van der Waals surface area contributed by atoms with Crippen LogP contribution in [0.5, 0.6) is 0 Å². The second-order valence-corrected chi connectivity index (χ2v) is 10.9. The van der Waals surface area contributed by atoms with E-state index in [2.05, 4.69) is 5.32 Å². The molecule has 2 aromatic rings. The third-order valence-electron chi connectivity index (χ3n) is 4.47. The Morgan fingerprint density at radius 3 is 2.23 bits per heavy atom. The van der Waals surface area contributed by atoms with E-state index in [1.165, 1.54) is 34.6 Å². The molecule has 2 aromatic carbocycles. The second kappa shape index (κ2) is 9.91. The number of halogens is 1. The average Bonchev–Trinajstić information content (AvgIpc) is 2.70. The van der Waals surface area contributed by atoms with Crippen LogP contribution in [-0.2, 0) is 19.9 Å². The van der Waals surface area contributed by atoms with Crippen molar-refractivity contribution in [2.45, 2.75) is 37.0 Å². The van der Waals surface area contributed by atoms with E-state index in [0.29, 0.717) is 19.5 Å². The van der Waals surface area contributed by atoms with Crippen LogP contribution in [0, 0.1) is 0 Å². The van der Waals surface area contributed by atoms with Gasteiger partial charge in [0.25, 0.3) is 5.91 Å². The van der Waals surface area contributed by atoms with Crippen LogP contribution in [0.25, 0.3) is 0 Å². The number of anilines is 1. The van der Waals surface area contributed by atoms with Crippen LogP contribution < -0.4 is 5.32 Å². The van der Waals surface area contributed by atoms with Crippen LogP contribution in [0.1, 0.15) is 37.6 Å². The number of rotatable bonds is 9. The van der Waals surface area contributed by atoms with Crippen molar-refractivity contribution in [1.29, 1.82) is 0 Å². The highest BCUT2D eigenvalue weighted by atomic mass is 35.5. The van der Waals surface area contributed by atoms with Crippen molar-refractivity contribution in [3.8, 4) is 0 Å². The molecule has 164 valence electrons. The van der Waals surface area contributed by atoms with E-state index < -0.39 is 25.8 Å². The van der Waals surface area contributed by atoms with Gasteiger partial charge in [-0.05, 0) is 36.8 Å². The predicted octanol–water partition coefficient (Wildman–Crippen LogP) is 3.81. The molecule has 0 unspecified atom stereocenters. The molecule has 0 heterocycles. The number of sulfone groups is 1. The van der Waals surface area contributed by atoms with Gasteiger partial charge >= 0.3 is 0 Å². The van der Waals surface area contributed by atoms with Crippen LogP contribution >= 0.6 is 11.6 Å². The van der Waals surface area contributed by atoms with Crippen molar-refractivity contribution < 1.29 is 21.6 Å². The highest BCUT2D eigenvalue weighted by molar-refractivity contribution is 7.91. The number of hydrogen-bond acceptors (Lipinski definition) is 5. The van der Waals surface area contributed by atoms with Gasteiger partial charge in [0.05, 0.1) is 31.8 Å². The summed E-state index contributed by atoms with van der Waals surface area (Å²) in [6, 6.07) is 9.91. The lowest BCUT2D eigenvalue weighted by atomic mass is 10.2. The molecular weight excluding hydrogens is 448 g/mol. The molecule has 2 rings (SSSR count). The molecule has 0 atom stereocenters. The monoisotopic (exact) mass is 472 g/mol. The van der Waals surface area contributed by atoms with E-state index in [-0.39, 0.29) is 31.8 Å². The molecule has 0 spiro atoms. The van der Waals surface area contributed by atoms with Gasteiger partial charge in [-0.25, -0.2) is 16.8 Å². The molecule has 30 heavy (non-hydrogen) atoms. The zero-order chi connectivity index (χ0) is 22.5. The number of nitrogens with one attached hydrogen (secondary N) is 1. The fourth-order valence-electron chi connectivity index (χ4n) is 2.97. The molecule has 0 aliphatic heterocycles. The maximum Gasteiger partial charge on any atom is 0.257 e. The summed E-state index contributed by atoms with van der Waals surface area (Å²) in [5.41, 5.74) is 0.0524. The van der Waals surface area contributed by atoms with Crippen LogP contribution in [0.4, 0.5) is 5.69 Å². The molecule has 0 aliphatic rings. The van der Waals surface area contributed by atoms with Crippen molar-refractivity contribution in [1.82, 2.24) is 4.31 Å². The molecule has 0 fully saturated rings. The van der Waals surface area contributed by atoms with Crippen molar-refractivity contribution in [3.05, 3.63) is 53.1 Å². The SMILES string of the molecule is CCCS(=O)(=O)c1ccccc1C(=O)Nc1cc(S(=O)(=O)N(CC)CC)ccc1Cl. The minimum Gasteiger partial charge on any atom is -0.321 e. The lowest BCUT2D eigenvalue weighted by Crippen LogP contribution is -2.30. The zero-order valence-electron chi connectivity index (χ0n) is 17.1. The Balaban J connectivity index is 2.45. The Hall–Kier alpha value is -1.94. The highest BCUT2D eigenvalue weighted by Crippen LogP contribution is 2.28. The smallest absolute Gasteiger partial charge is 0.257 e. The van der Waals surface area contributed by atoms with Crippen LogP contribution in [0.2, 0.25) is 5.02 Å². The standard InChI is InChI=1S/C20H25ClN2O5S2/c1-4-13-29(25,26)19-10-8-7-9-16(19)20(24)22-18-14-15(11-12-17(18)21)30(27,28)23(5-2)6-3/h7-12,14H,4-6,13H2,1-3H3,(H,22,24). The molecule has 0 radical (unpaired) electrons. The summed E-state index contributed by atoms with van der Waals surface area (Å²) >= 11 is 6.16. The molecule has 1 amide bonds. The molecule has 0 saturated carbocycles. The van der Waals surface area contributed by atoms with E-state index in [1.54, 1.807) is 32.9 Å². The van der Waals surface area contributed by atoms with E-state index in [4.69, 9.17) is 11.6 Å². The number of amides is 1. The molecule has 7 nitrogen and oxygen atoms in total. The lowest BCUT2D eigenvalue weighted by Gasteiger charge is -2.19. The van der Waals surface area contributed by atoms with E-state index in [0.717, 1.165) is 0 Å². The molecule has 0 aliphatic carbocycles. The van der Waals surface area contributed by atoms with Gasteiger partial charge in [-0.15, -0.1) is 0 Å². The average molecular weight is 473 g/mol. The minimum atomic E-state index is -3.75. The summed E-state index contributed by atoms with van der Waals surface area (Å²) in [6.07, 6.45) is 0.412. The van der Waals surface area contributed by atoms with Gasteiger partial charge in [-0.2, -0.15) is 4.31 Å². The minimum absolute atomic E-state index is 0.0159. The quantitative estimate of drug-likeness (QED) is 0.598. The summed E-state index contributed by atoms with van der Waals surface area (Å²) in [5, 5.41) is 2.69. The first-order valence-electron chi connectivity index (χ1n) is 9.51. The zero-order valence-corrected chi connectivity index (χ0v) is 19.4. The van der Waals surface area contributed by atoms with Crippen LogP contribution in [0.15, 0.2) is 52.3 Å². The number of benzene rings is 2. The molecular formula is C20H25ClN2O5S2. The van der Waals surface area contributed by atoms with Gasteiger partial charge in [-0.1, -0.05) is 44.5 Å². The fraction of sp³-hybridized carbons (Fsp3) is 0.350. The summed E-state index contributed by atoms with van der Waals surface area (Å²) in [5.74, 6) is -0.778. The third kappa shape index (κ3) is 5.21. The summed E-state index contributed by atoms with van der Waals surface area (Å²) in [4.78, 5) is 12.8. The van der Waals surface area contributed by atoms with Crippen molar-refractivity contribution in [2.75, 3.05) is 24.2 Å². The number of nitrogens with zero attached hydrogens (tertiary/aromatic N) is 1. The van der Waals surface area contributed by atoms with Gasteiger partial charge in [0, 0.05) is 13.1 Å². The Kier molecular flexibility index (Phi) is 8.04. The maximum absolute atomic E-state index is 12.9. The number of sulfonamides is 1. The van der Waals surface area contributed by atoms with E-state index >= 15 is 0 Å².